The summed E-state index contributed by atoms with van der Waals surface area (Å²) in [6, 6.07) is 6.00. The molecule has 1 aromatic rings. The van der Waals surface area contributed by atoms with Crippen LogP contribution in [0.25, 0.3) is 0 Å². The van der Waals surface area contributed by atoms with Crippen molar-refractivity contribution in [2.24, 2.45) is 7.05 Å². The van der Waals surface area contributed by atoms with Gasteiger partial charge in [-0.3, -0.25) is 0 Å². The second-order valence-corrected chi connectivity index (χ2v) is 1.54. The van der Waals surface area contributed by atoms with Crippen molar-refractivity contribution in [3.63, 3.8) is 0 Å². The molecule has 0 N–H and O–H groups in total. The van der Waals surface area contributed by atoms with Crippen LogP contribution in [0, 0.1) is 0 Å². The molecule has 0 aliphatic carbocycles. The Bertz CT molecular complexity index is 143. The molecule has 0 bridgehead atoms. The van der Waals surface area contributed by atoms with Gasteiger partial charge in [0.2, 0.25) is 0 Å². The summed E-state index contributed by atoms with van der Waals surface area (Å²) in [4.78, 5) is 0. The number of aromatic nitrogens is 1. The summed E-state index contributed by atoms with van der Waals surface area (Å²) in [6.07, 6.45) is 4.00. The molecular formula is C6H8HgIN. The van der Waals surface area contributed by atoms with Gasteiger partial charge in [-0.15, -0.1) is 0 Å². The molecule has 46 valence electrons. The van der Waals surface area contributed by atoms with E-state index in [-0.39, 0.29) is 51.6 Å². The Balaban J connectivity index is 0. The Labute approximate surface area is 93.0 Å². The summed E-state index contributed by atoms with van der Waals surface area (Å²) < 4.78 is 2.00. The van der Waals surface area contributed by atoms with Gasteiger partial charge in [-0.2, -0.15) is 0 Å². The molecule has 0 amide bonds. The van der Waals surface area contributed by atoms with Crippen molar-refractivity contribution in [2.45, 2.75) is 0 Å². The van der Waals surface area contributed by atoms with E-state index >= 15 is 0 Å². The van der Waals surface area contributed by atoms with Crippen LogP contribution in [0.2, 0.25) is 0 Å². The van der Waals surface area contributed by atoms with Gasteiger partial charge in [-0.25, -0.2) is 4.57 Å². The largest absolute Gasteiger partial charge is 1.00 e. The number of hydrogen-bond acceptors (Lipinski definition) is 0. The van der Waals surface area contributed by atoms with Crippen LogP contribution in [-0.2, 0) is 34.7 Å². The minimum Gasteiger partial charge on any atom is -1.00 e. The van der Waals surface area contributed by atoms with Crippen LogP contribution in [0.5, 0.6) is 0 Å². The predicted octanol–water partition coefficient (Wildman–Crippen LogP) is -2.49. The zero-order valence-corrected chi connectivity index (χ0v) is 13.1. The summed E-state index contributed by atoms with van der Waals surface area (Å²) in [5.74, 6) is 0. The monoisotopic (exact) mass is 423 g/mol. The minimum atomic E-state index is 0. The Hall–Kier alpha value is 0.815. The first-order chi connectivity index (χ1) is 3.39. The fourth-order valence-electron chi connectivity index (χ4n) is 0.485. The van der Waals surface area contributed by atoms with Gasteiger partial charge in [0.15, 0.2) is 12.4 Å². The predicted molar refractivity (Wildman–Crippen MR) is 27.6 cm³/mol. The van der Waals surface area contributed by atoms with E-state index in [1.807, 2.05) is 42.2 Å². The summed E-state index contributed by atoms with van der Waals surface area (Å²) in [7, 11) is 2.00. The molecule has 0 aromatic carbocycles. The SMILES string of the molecule is C[n+]1ccccc1.[Hg].[I-]. The van der Waals surface area contributed by atoms with Crippen molar-refractivity contribution in [1.82, 2.24) is 0 Å². The summed E-state index contributed by atoms with van der Waals surface area (Å²) in [5.41, 5.74) is 0. The molecular weight excluding hydrogens is 414 g/mol. The third kappa shape index (κ3) is 5.27. The van der Waals surface area contributed by atoms with E-state index in [1.165, 1.54) is 0 Å². The van der Waals surface area contributed by atoms with Gasteiger partial charge >= 0.3 is 0 Å². The van der Waals surface area contributed by atoms with Crippen molar-refractivity contribution in [3.05, 3.63) is 30.6 Å². The minimum absolute atomic E-state index is 0. The Morgan fingerprint density at radius 3 is 1.67 bits per heavy atom. The Kier molecular flexibility index (Phi) is 9.61. The molecule has 0 aliphatic rings. The molecule has 3 heteroatoms. The van der Waals surface area contributed by atoms with E-state index in [1.54, 1.807) is 0 Å². The van der Waals surface area contributed by atoms with Crippen LogP contribution in [0.3, 0.4) is 0 Å². The molecule has 9 heavy (non-hydrogen) atoms. The smallest absolute Gasteiger partial charge is 0.168 e. The molecule has 0 fully saturated rings. The van der Waals surface area contributed by atoms with Crippen LogP contribution < -0.4 is 28.5 Å². The standard InChI is InChI=1S/C6H8N.Hg.HI/c1-7-5-3-2-4-6-7;;/h2-6H,1H3;;1H/q+1;;/p-1. The normalized spacial score (nSPS) is 6.78. The van der Waals surface area contributed by atoms with Gasteiger partial charge in [0.05, 0.1) is 0 Å². The van der Waals surface area contributed by atoms with Crippen molar-refractivity contribution in [2.75, 3.05) is 0 Å². The third-order valence-corrected chi connectivity index (χ3v) is 0.865. The zero-order valence-electron chi connectivity index (χ0n) is 5.42. The van der Waals surface area contributed by atoms with Crippen molar-refractivity contribution in [1.29, 1.82) is 0 Å². The van der Waals surface area contributed by atoms with Crippen LogP contribution in [0.1, 0.15) is 0 Å². The van der Waals surface area contributed by atoms with E-state index in [0.717, 1.165) is 0 Å². The molecule has 0 atom stereocenters. The second kappa shape index (κ2) is 6.93. The van der Waals surface area contributed by atoms with Crippen LogP contribution in [0.15, 0.2) is 30.6 Å². The van der Waals surface area contributed by atoms with E-state index in [0.29, 0.717) is 0 Å². The molecule has 1 rings (SSSR count). The first kappa shape index (κ1) is 12.5. The van der Waals surface area contributed by atoms with E-state index in [9.17, 15) is 0 Å². The molecule has 1 heterocycles. The van der Waals surface area contributed by atoms with Gasteiger partial charge in [0, 0.05) is 39.8 Å². The fraction of sp³-hybridized carbons (Fsp3) is 0.167. The van der Waals surface area contributed by atoms with Gasteiger partial charge in [0.1, 0.15) is 7.05 Å². The number of nitrogens with zero attached hydrogens (tertiary/aromatic N) is 1. The Morgan fingerprint density at radius 2 is 1.44 bits per heavy atom. The zero-order chi connectivity index (χ0) is 5.11. The molecule has 0 aliphatic heterocycles. The van der Waals surface area contributed by atoms with E-state index in [4.69, 9.17) is 0 Å². The van der Waals surface area contributed by atoms with Crippen LogP contribution in [-0.4, -0.2) is 0 Å². The molecule has 0 saturated heterocycles. The fourth-order valence-corrected chi connectivity index (χ4v) is 0.485. The number of hydrogen-bond donors (Lipinski definition) is 0. The third-order valence-electron chi connectivity index (χ3n) is 0.865. The summed E-state index contributed by atoms with van der Waals surface area (Å²) >= 11 is 0. The van der Waals surface area contributed by atoms with Gasteiger partial charge in [0.25, 0.3) is 0 Å². The first-order valence-electron chi connectivity index (χ1n) is 2.30. The number of aryl methyl sites for hydroxylation is 1. The maximum atomic E-state index is 2.00. The molecule has 0 saturated carbocycles. The van der Waals surface area contributed by atoms with Crippen LogP contribution >= 0.6 is 0 Å². The summed E-state index contributed by atoms with van der Waals surface area (Å²) in [6.45, 7) is 0. The molecule has 0 spiro atoms. The maximum Gasteiger partial charge on any atom is 0.168 e. The van der Waals surface area contributed by atoms with Crippen LogP contribution in [0.4, 0.5) is 0 Å². The average Bonchev–Trinajstić information content (AvgIpc) is 1.69. The van der Waals surface area contributed by atoms with Gasteiger partial charge in [-0.05, 0) is 0 Å². The van der Waals surface area contributed by atoms with Crippen molar-refractivity contribution >= 4 is 0 Å². The summed E-state index contributed by atoms with van der Waals surface area (Å²) in [5, 5.41) is 0. The second-order valence-electron chi connectivity index (χ2n) is 1.54. The van der Waals surface area contributed by atoms with E-state index < -0.39 is 0 Å². The topological polar surface area (TPSA) is 3.88 Å². The molecule has 0 unspecified atom stereocenters. The van der Waals surface area contributed by atoms with Gasteiger partial charge in [-0.1, -0.05) is 6.07 Å². The van der Waals surface area contributed by atoms with Crippen molar-refractivity contribution in [3.8, 4) is 0 Å². The number of halogens is 1. The number of pyridine rings is 1. The molecule has 1 aromatic heterocycles. The quantitative estimate of drug-likeness (QED) is 0.248. The number of rotatable bonds is 0. The molecule has 1 nitrogen and oxygen atoms in total. The van der Waals surface area contributed by atoms with Gasteiger partial charge < -0.3 is 24.0 Å². The van der Waals surface area contributed by atoms with E-state index in [2.05, 4.69) is 0 Å². The Morgan fingerprint density at radius 1 is 1.00 bits per heavy atom. The first-order valence-corrected chi connectivity index (χ1v) is 2.30. The maximum absolute atomic E-state index is 2.00. The average molecular weight is 422 g/mol. The van der Waals surface area contributed by atoms with Crippen molar-refractivity contribution < 1.29 is 56.2 Å². The molecule has 0 radical (unpaired) electrons.